The summed E-state index contributed by atoms with van der Waals surface area (Å²) in [7, 11) is 0. The van der Waals surface area contributed by atoms with E-state index < -0.39 is 17.6 Å². The van der Waals surface area contributed by atoms with E-state index in [9.17, 15) is 22.8 Å². The van der Waals surface area contributed by atoms with Crippen molar-refractivity contribution in [2.24, 2.45) is 0 Å². The molecular weight excluding hydrogens is 425 g/mol. The first-order valence-corrected chi connectivity index (χ1v) is 9.84. The fourth-order valence-corrected chi connectivity index (χ4v) is 3.38. The van der Waals surface area contributed by atoms with Crippen LogP contribution in [0.5, 0.6) is 0 Å². The Morgan fingerprint density at radius 2 is 1.78 bits per heavy atom. The maximum atomic E-state index is 12.8. The average molecular weight is 444 g/mol. The van der Waals surface area contributed by atoms with Crippen molar-refractivity contribution in [1.82, 2.24) is 9.88 Å². The number of rotatable bonds is 4. The largest absolute Gasteiger partial charge is 0.459 e. The Bertz CT molecular complexity index is 1090. The fourth-order valence-electron chi connectivity index (χ4n) is 3.38. The normalized spacial score (nSPS) is 14.3. The first-order valence-electron chi connectivity index (χ1n) is 9.84. The van der Waals surface area contributed by atoms with Gasteiger partial charge in [-0.15, -0.1) is 0 Å². The lowest BCUT2D eigenvalue weighted by molar-refractivity contribution is -0.137. The van der Waals surface area contributed by atoms with Crippen LogP contribution in [0.4, 0.5) is 24.7 Å². The molecule has 0 radical (unpaired) electrons. The Labute approximate surface area is 181 Å². The third-order valence-electron chi connectivity index (χ3n) is 5.08. The quantitative estimate of drug-likeness (QED) is 0.660. The van der Waals surface area contributed by atoms with Crippen LogP contribution < -0.4 is 10.2 Å². The summed E-state index contributed by atoms with van der Waals surface area (Å²) in [6.45, 7) is 2.18. The number of nitrogens with zero attached hydrogens (tertiary/aromatic N) is 3. The van der Waals surface area contributed by atoms with Crippen molar-refractivity contribution in [3.8, 4) is 0 Å². The first-order chi connectivity index (χ1) is 15.3. The van der Waals surface area contributed by atoms with Crippen LogP contribution in [0.2, 0.25) is 0 Å². The number of alkyl halides is 3. The van der Waals surface area contributed by atoms with Gasteiger partial charge in [0.2, 0.25) is 0 Å². The lowest BCUT2D eigenvalue weighted by atomic mass is 10.1. The summed E-state index contributed by atoms with van der Waals surface area (Å²) in [5.74, 6) is 0.163. The van der Waals surface area contributed by atoms with Crippen molar-refractivity contribution in [2.45, 2.75) is 6.18 Å². The zero-order chi connectivity index (χ0) is 22.7. The van der Waals surface area contributed by atoms with Crippen LogP contribution in [0.3, 0.4) is 0 Å². The molecule has 32 heavy (non-hydrogen) atoms. The summed E-state index contributed by atoms with van der Waals surface area (Å²) in [5.41, 5.74) is -0.618. The molecule has 4 rings (SSSR count). The molecule has 2 amide bonds. The van der Waals surface area contributed by atoms with Gasteiger partial charge in [-0.05, 0) is 42.5 Å². The van der Waals surface area contributed by atoms with Crippen molar-refractivity contribution < 1.29 is 27.2 Å². The Kier molecular flexibility index (Phi) is 5.85. The van der Waals surface area contributed by atoms with Gasteiger partial charge in [-0.2, -0.15) is 13.2 Å². The van der Waals surface area contributed by atoms with Gasteiger partial charge in [0.15, 0.2) is 5.76 Å². The number of amides is 2. The molecule has 3 heterocycles. The number of nitrogens with one attached hydrogen (secondary N) is 1. The number of piperazine rings is 1. The molecule has 1 aliphatic heterocycles. The number of anilines is 2. The number of halogens is 3. The Morgan fingerprint density at radius 1 is 1.00 bits per heavy atom. The van der Waals surface area contributed by atoms with Crippen LogP contribution in [-0.4, -0.2) is 47.9 Å². The lowest BCUT2D eigenvalue weighted by Crippen LogP contribution is -2.49. The molecule has 2 aromatic heterocycles. The molecule has 1 fully saturated rings. The molecule has 3 aromatic rings. The van der Waals surface area contributed by atoms with Gasteiger partial charge < -0.3 is 19.5 Å². The van der Waals surface area contributed by atoms with E-state index in [-0.39, 0.29) is 11.5 Å². The molecule has 1 aliphatic rings. The molecule has 0 spiro atoms. The van der Waals surface area contributed by atoms with E-state index in [4.69, 9.17) is 4.42 Å². The van der Waals surface area contributed by atoms with Crippen LogP contribution in [0.25, 0.3) is 0 Å². The van der Waals surface area contributed by atoms with Gasteiger partial charge in [0.25, 0.3) is 11.8 Å². The standard InChI is InChI=1S/C22H19F3N4O3/c23-22(24,25)16-4-1-3-15(13-16)20(30)27-17-6-7-19(26-14-17)28-8-10-29(11-9-28)21(31)18-5-2-12-32-18/h1-7,12-14H,8-11H2,(H,27,30). The van der Waals surface area contributed by atoms with E-state index in [1.165, 1.54) is 24.6 Å². The van der Waals surface area contributed by atoms with Crippen molar-refractivity contribution in [2.75, 3.05) is 36.4 Å². The number of furan rings is 1. The highest BCUT2D eigenvalue weighted by atomic mass is 19.4. The molecular formula is C22H19F3N4O3. The monoisotopic (exact) mass is 444 g/mol. The van der Waals surface area contributed by atoms with Crippen molar-refractivity contribution >= 4 is 23.3 Å². The molecule has 7 nitrogen and oxygen atoms in total. The smallest absolute Gasteiger partial charge is 0.416 e. The highest BCUT2D eigenvalue weighted by Crippen LogP contribution is 2.29. The highest BCUT2D eigenvalue weighted by molar-refractivity contribution is 6.04. The maximum absolute atomic E-state index is 12.8. The predicted molar refractivity (Wildman–Crippen MR) is 110 cm³/mol. The lowest BCUT2D eigenvalue weighted by Gasteiger charge is -2.35. The summed E-state index contributed by atoms with van der Waals surface area (Å²) < 4.78 is 43.7. The van der Waals surface area contributed by atoms with Gasteiger partial charge in [0.05, 0.1) is 23.7 Å². The van der Waals surface area contributed by atoms with Gasteiger partial charge in [0, 0.05) is 31.7 Å². The predicted octanol–water partition coefficient (Wildman–Crippen LogP) is 3.91. The van der Waals surface area contributed by atoms with E-state index in [0.29, 0.717) is 43.4 Å². The number of hydrogen-bond acceptors (Lipinski definition) is 5. The Hall–Kier alpha value is -3.82. The number of pyridine rings is 1. The molecule has 1 aromatic carbocycles. The van der Waals surface area contributed by atoms with E-state index >= 15 is 0 Å². The second kappa shape index (κ2) is 8.74. The first kappa shape index (κ1) is 21.4. The minimum Gasteiger partial charge on any atom is -0.459 e. The number of benzene rings is 1. The SMILES string of the molecule is O=C(Nc1ccc(N2CCN(C(=O)c3ccco3)CC2)nc1)c1cccc(C(F)(F)F)c1. The van der Waals surface area contributed by atoms with E-state index in [1.54, 1.807) is 29.2 Å². The summed E-state index contributed by atoms with van der Waals surface area (Å²) in [6.07, 6.45) is -1.62. The minimum atomic E-state index is -4.52. The third-order valence-corrected chi connectivity index (χ3v) is 5.08. The topological polar surface area (TPSA) is 78.7 Å². The molecule has 0 aliphatic carbocycles. The van der Waals surface area contributed by atoms with Crippen LogP contribution in [0, 0.1) is 0 Å². The molecule has 0 atom stereocenters. The van der Waals surface area contributed by atoms with Gasteiger partial charge in [-0.1, -0.05) is 6.07 Å². The second-order valence-electron chi connectivity index (χ2n) is 7.19. The summed E-state index contributed by atoms with van der Waals surface area (Å²) in [4.78, 5) is 32.7. The number of carbonyl (C=O) groups is 2. The number of carbonyl (C=O) groups excluding carboxylic acids is 2. The van der Waals surface area contributed by atoms with Crippen LogP contribution in [0.1, 0.15) is 26.5 Å². The zero-order valence-electron chi connectivity index (χ0n) is 16.8. The highest BCUT2D eigenvalue weighted by Gasteiger charge is 2.31. The van der Waals surface area contributed by atoms with Gasteiger partial charge in [-0.3, -0.25) is 9.59 Å². The third kappa shape index (κ3) is 4.74. The van der Waals surface area contributed by atoms with Crippen LogP contribution in [-0.2, 0) is 6.18 Å². The van der Waals surface area contributed by atoms with Crippen LogP contribution in [0.15, 0.2) is 65.4 Å². The zero-order valence-corrected chi connectivity index (χ0v) is 16.8. The molecule has 10 heteroatoms. The van der Waals surface area contributed by atoms with Crippen LogP contribution >= 0.6 is 0 Å². The molecule has 1 saturated heterocycles. The van der Waals surface area contributed by atoms with Gasteiger partial charge in [0.1, 0.15) is 5.82 Å². The molecule has 0 bridgehead atoms. The van der Waals surface area contributed by atoms with Crippen molar-refractivity contribution in [3.05, 3.63) is 77.9 Å². The summed E-state index contributed by atoms with van der Waals surface area (Å²) >= 11 is 0. The molecule has 166 valence electrons. The number of hydrogen-bond donors (Lipinski definition) is 1. The van der Waals surface area contributed by atoms with Gasteiger partial charge >= 0.3 is 6.18 Å². The summed E-state index contributed by atoms with van der Waals surface area (Å²) in [5, 5.41) is 2.55. The van der Waals surface area contributed by atoms with Crippen molar-refractivity contribution in [3.63, 3.8) is 0 Å². The number of aromatic nitrogens is 1. The fraction of sp³-hybridized carbons (Fsp3) is 0.227. The average Bonchev–Trinajstić information content (AvgIpc) is 3.34. The second-order valence-corrected chi connectivity index (χ2v) is 7.19. The molecule has 0 unspecified atom stereocenters. The van der Waals surface area contributed by atoms with Gasteiger partial charge in [-0.25, -0.2) is 4.98 Å². The van der Waals surface area contributed by atoms with E-state index in [2.05, 4.69) is 10.3 Å². The van der Waals surface area contributed by atoms with E-state index in [1.807, 2.05) is 4.90 Å². The summed E-state index contributed by atoms with van der Waals surface area (Å²) in [6, 6.07) is 10.9. The molecule has 0 saturated carbocycles. The maximum Gasteiger partial charge on any atom is 0.416 e. The van der Waals surface area contributed by atoms with E-state index in [0.717, 1.165) is 12.1 Å². The minimum absolute atomic E-state index is 0.0961. The Morgan fingerprint density at radius 3 is 2.41 bits per heavy atom. The van der Waals surface area contributed by atoms with Crippen molar-refractivity contribution in [1.29, 1.82) is 0 Å². The Balaban J connectivity index is 1.35. The molecule has 1 N–H and O–H groups in total.